The molecule has 7 heteroatoms. The number of hydrogen-bond donors (Lipinski definition) is 2. The summed E-state index contributed by atoms with van der Waals surface area (Å²) in [4.78, 5) is 23.6. The molecular weight excluding hydrogens is 211 g/mol. The first kappa shape index (κ1) is 13.3. The molecule has 6 nitrogen and oxygen atoms in total. The highest BCUT2D eigenvalue weighted by Gasteiger charge is 2.24. The highest BCUT2D eigenvalue weighted by molar-refractivity contribution is 7.52. The maximum Gasteiger partial charge on any atom is 0.369 e. The van der Waals surface area contributed by atoms with E-state index in [0.29, 0.717) is 0 Å². The van der Waals surface area contributed by atoms with Crippen LogP contribution in [0.15, 0.2) is 12.2 Å². The molecule has 0 bridgehead atoms. The lowest BCUT2D eigenvalue weighted by Crippen LogP contribution is -2.10. The van der Waals surface area contributed by atoms with Crippen LogP contribution in [0, 0.1) is 0 Å². The lowest BCUT2D eigenvalue weighted by molar-refractivity contribution is -0.211. The van der Waals surface area contributed by atoms with Crippen molar-refractivity contribution in [2.75, 3.05) is 6.16 Å². The van der Waals surface area contributed by atoms with E-state index in [9.17, 15) is 9.36 Å². The zero-order valence-electron chi connectivity index (χ0n) is 7.91. The zero-order chi connectivity index (χ0) is 11.2. The van der Waals surface area contributed by atoms with Gasteiger partial charge in [0.1, 0.15) is 0 Å². The topological polar surface area (TPSA) is 93.1 Å². The predicted octanol–water partition coefficient (Wildman–Crippen LogP) is 0.603. The van der Waals surface area contributed by atoms with Gasteiger partial charge in [-0.2, -0.15) is 0 Å². The van der Waals surface area contributed by atoms with E-state index in [1.807, 2.05) is 0 Å². The van der Waals surface area contributed by atoms with Gasteiger partial charge in [-0.05, 0) is 13.8 Å². The van der Waals surface area contributed by atoms with Crippen molar-refractivity contribution in [2.24, 2.45) is 0 Å². The van der Waals surface area contributed by atoms with Gasteiger partial charge in [0.15, 0.2) is 0 Å². The van der Waals surface area contributed by atoms with Crippen LogP contribution in [0.5, 0.6) is 0 Å². The van der Waals surface area contributed by atoms with Gasteiger partial charge in [0.2, 0.25) is 0 Å². The lowest BCUT2D eigenvalue weighted by atomic mass is 10.5. The van der Waals surface area contributed by atoms with E-state index in [4.69, 9.17) is 10.00 Å². The standard InChI is InChI=1S/C7H13O6P/c1-3-4-7(9)12-13-14(10,11)5-6(2)8/h3-4,6,8H,5H2,1-2H3,(H,10,11). The quantitative estimate of drug-likeness (QED) is 0.307. The van der Waals surface area contributed by atoms with Crippen molar-refractivity contribution in [3.05, 3.63) is 12.2 Å². The number of hydrogen-bond acceptors (Lipinski definition) is 5. The summed E-state index contributed by atoms with van der Waals surface area (Å²) in [5, 5.41) is 8.79. The average molecular weight is 224 g/mol. The van der Waals surface area contributed by atoms with E-state index >= 15 is 0 Å². The van der Waals surface area contributed by atoms with Crippen LogP contribution in [-0.4, -0.2) is 28.2 Å². The van der Waals surface area contributed by atoms with E-state index in [1.54, 1.807) is 6.92 Å². The van der Waals surface area contributed by atoms with Gasteiger partial charge in [-0.1, -0.05) is 10.8 Å². The van der Waals surface area contributed by atoms with Crippen molar-refractivity contribution in [1.29, 1.82) is 0 Å². The molecule has 0 aromatic heterocycles. The molecule has 2 unspecified atom stereocenters. The average Bonchev–Trinajstić information content (AvgIpc) is 1.99. The number of aliphatic hydroxyl groups is 1. The Balaban J connectivity index is 3.99. The van der Waals surface area contributed by atoms with Crippen LogP contribution < -0.4 is 0 Å². The van der Waals surface area contributed by atoms with E-state index in [1.165, 1.54) is 13.0 Å². The molecule has 0 heterocycles. The van der Waals surface area contributed by atoms with E-state index in [-0.39, 0.29) is 0 Å². The van der Waals surface area contributed by atoms with Crippen molar-refractivity contribution in [3.63, 3.8) is 0 Å². The second-order valence-electron chi connectivity index (χ2n) is 2.65. The SMILES string of the molecule is CC=CC(=O)OOP(=O)(O)CC(C)O. The molecule has 14 heavy (non-hydrogen) atoms. The largest absolute Gasteiger partial charge is 0.393 e. The Hall–Kier alpha value is -0.680. The van der Waals surface area contributed by atoms with Crippen LogP contribution in [-0.2, 0) is 18.9 Å². The second-order valence-corrected chi connectivity index (χ2v) is 4.44. The minimum atomic E-state index is -4.05. The Morgan fingerprint density at radius 2 is 2.21 bits per heavy atom. The smallest absolute Gasteiger partial charge is 0.369 e. The molecule has 2 N–H and O–H groups in total. The summed E-state index contributed by atoms with van der Waals surface area (Å²) in [5.41, 5.74) is 0. The summed E-state index contributed by atoms with van der Waals surface area (Å²) in [7, 11) is -4.05. The summed E-state index contributed by atoms with van der Waals surface area (Å²) in [6.07, 6.45) is 0.924. The molecule has 82 valence electrons. The van der Waals surface area contributed by atoms with Crippen molar-refractivity contribution in [1.82, 2.24) is 0 Å². The van der Waals surface area contributed by atoms with E-state index in [0.717, 1.165) is 6.08 Å². The van der Waals surface area contributed by atoms with Gasteiger partial charge in [-0.25, -0.2) is 4.79 Å². The number of allylic oxidation sites excluding steroid dienone is 1. The first-order valence-electron chi connectivity index (χ1n) is 3.90. The highest BCUT2D eigenvalue weighted by atomic mass is 31.2. The fraction of sp³-hybridized carbons (Fsp3) is 0.571. The molecule has 0 radical (unpaired) electrons. The Bertz CT molecular complexity index is 259. The Morgan fingerprint density at radius 1 is 1.64 bits per heavy atom. The summed E-state index contributed by atoms with van der Waals surface area (Å²) < 4.78 is 15.0. The summed E-state index contributed by atoms with van der Waals surface area (Å²) >= 11 is 0. The molecular formula is C7H13O6P. The van der Waals surface area contributed by atoms with Crippen LogP contribution in [0.4, 0.5) is 0 Å². The molecule has 0 aromatic rings. The van der Waals surface area contributed by atoms with Gasteiger partial charge in [-0.3, -0.25) is 9.45 Å². The zero-order valence-corrected chi connectivity index (χ0v) is 8.81. The summed E-state index contributed by atoms with van der Waals surface area (Å²) in [5.74, 6) is -0.882. The van der Waals surface area contributed by atoms with Gasteiger partial charge < -0.3 is 10.00 Å². The van der Waals surface area contributed by atoms with Crippen molar-refractivity contribution >= 4 is 13.6 Å². The van der Waals surface area contributed by atoms with Crippen molar-refractivity contribution in [3.8, 4) is 0 Å². The van der Waals surface area contributed by atoms with Gasteiger partial charge in [0.05, 0.1) is 12.3 Å². The molecule has 0 saturated heterocycles. The summed E-state index contributed by atoms with van der Waals surface area (Å²) in [6, 6.07) is 0. The van der Waals surface area contributed by atoms with E-state index < -0.39 is 25.8 Å². The van der Waals surface area contributed by atoms with Crippen molar-refractivity contribution in [2.45, 2.75) is 20.0 Å². The molecule has 0 fully saturated rings. The molecule has 0 aliphatic carbocycles. The van der Waals surface area contributed by atoms with Crippen LogP contribution in [0.2, 0.25) is 0 Å². The summed E-state index contributed by atoms with van der Waals surface area (Å²) in [6.45, 7) is 2.90. The number of carbonyl (C=O) groups excluding carboxylic acids is 1. The molecule has 0 spiro atoms. The maximum atomic E-state index is 11.0. The van der Waals surface area contributed by atoms with E-state index in [2.05, 4.69) is 9.56 Å². The molecule has 0 aliphatic rings. The van der Waals surface area contributed by atoms with Crippen LogP contribution in [0.1, 0.15) is 13.8 Å². The second kappa shape index (κ2) is 5.93. The van der Waals surface area contributed by atoms with Gasteiger partial charge in [-0.15, -0.1) is 0 Å². The maximum absolute atomic E-state index is 11.0. The molecule has 0 saturated carbocycles. The van der Waals surface area contributed by atoms with Gasteiger partial charge in [0, 0.05) is 6.08 Å². The fourth-order valence-electron chi connectivity index (χ4n) is 0.623. The van der Waals surface area contributed by atoms with Gasteiger partial charge in [0.25, 0.3) is 0 Å². The lowest BCUT2D eigenvalue weighted by Gasteiger charge is -2.10. The van der Waals surface area contributed by atoms with Crippen LogP contribution in [0.3, 0.4) is 0 Å². The number of aliphatic hydroxyl groups excluding tert-OH is 1. The molecule has 2 atom stereocenters. The normalized spacial score (nSPS) is 17.7. The third kappa shape index (κ3) is 6.80. The molecule has 0 aromatic carbocycles. The van der Waals surface area contributed by atoms with Crippen LogP contribution in [0.25, 0.3) is 0 Å². The Kier molecular flexibility index (Phi) is 5.64. The third-order valence-electron chi connectivity index (χ3n) is 1.03. The van der Waals surface area contributed by atoms with Crippen molar-refractivity contribution < 1.29 is 28.9 Å². The van der Waals surface area contributed by atoms with Crippen LogP contribution >= 0.6 is 7.60 Å². The minimum absolute atomic E-state index is 0.490. The Morgan fingerprint density at radius 3 is 2.64 bits per heavy atom. The molecule has 0 amide bonds. The number of carbonyl (C=O) groups is 1. The molecule has 0 aliphatic heterocycles. The predicted molar refractivity (Wildman–Crippen MR) is 48.4 cm³/mol. The first-order chi connectivity index (χ1) is 6.37. The first-order valence-corrected chi connectivity index (χ1v) is 5.66. The third-order valence-corrected chi connectivity index (χ3v) is 2.33. The number of rotatable bonds is 5. The molecule has 0 rings (SSSR count). The monoisotopic (exact) mass is 224 g/mol. The highest BCUT2D eigenvalue weighted by Crippen LogP contribution is 2.42. The van der Waals surface area contributed by atoms with Gasteiger partial charge >= 0.3 is 13.6 Å². The Labute approximate surface area is 81.6 Å². The minimum Gasteiger partial charge on any atom is -0.393 e. The fourth-order valence-corrected chi connectivity index (χ4v) is 1.54.